The van der Waals surface area contributed by atoms with Gasteiger partial charge < -0.3 is 14.4 Å². The third kappa shape index (κ3) is 4.95. The van der Waals surface area contributed by atoms with Crippen LogP contribution in [0.4, 0.5) is 13.2 Å². The number of benzene rings is 1. The van der Waals surface area contributed by atoms with Crippen molar-refractivity contribution in [2.75, 3.05) is 33.5 Å². The Bertz CT molecular complexity index is 531. The summed E-state index contributed by atoms with van der Waals surface area (Å²) in [6.45, 7) is 1.30. The number of likely N-dealkylation sites (tertiary alicyclic amines) is 1. The molecular formula is C17H22F3NO3. The Kier molecular flexibility index (Phi) is 6.62. The molecule has 1 fully saturated rings. The number of methoxy groups -OCH3 is 1. The molecule has 1 saturated heterocycles. The lowest BCUT2D eigenvalue weighted by Crippen LogP contribution is -2.40. The summed E-state index contributed by atoms with van der Waals surface area (Å²) in [4.78, 5) is 14.1. The summed E-state index contributed by atoms with van der Waals surface area (Å²) in [7, 11) is 1.55. The fourth-order valence-corrected chi connectivity index (χ4v) is 2.86. The van der Waals surface area contributed by atoms with Gasteiger partial charge >= 0.3 is 6.18 Å². The van der Waals surface area contributed by atoms with E-state index in [9.17, 15) is 18.0 Å². The van der Waals surface area contributed by atoms with Gasteiger partial charge in [0.1, 0.15) is 6.61 Å². The highest BCUT2D eigenvalue weighted by Gasteiger charge is 2.32. The lowest BCUT2D eigenvalue weighted by atomic mass is 9.94. The van der Waals surface area contributed by atoms with Crippen LogP contribution >= 0.6 is 0 Å². The lowest BCUT2D eigenvalue weighted by molar-refractivity contribution is -0.141. The third-order valence-electron chi connectivity index (χ3n) is 4.10. The van der Waals surface area contributed by atoms with E-state index in [1.165, 1.54) is 12.1 Å². The van der Waals surface area contributed by atoms with E-state index in [0.29, 0.717) is 19.8 Å². The van der Waals surface area contributed by atoms with Gasteiger partial charge in [0, 0.05) is 13.7 Å². The van der Waals surface area contributed by atoms with E-state index in [1.54, 1.807) is 12.0 Å². The molecule has 0 N–H and O–H groups in total. The summed E-state index contributed by atoms with van der Waals surface area (Å²) in [5.74, 6) is -0.143. The molecule has 1 heterocycles. The van der Waals surface area contributed by atoms with Crippen molar-refractivity contribution in [1.82, 2.24) is 4.90 Å². The van der Waals surface area contributed by atoms with Crippen molar-refractivity contribution < 1.29 is 27.4 Å². The summed E-state index contributed by atoms with van der Waals surface area (Å²) in [5, 5.41) is 0. The summed E-state index contributed by atoms with van der Waals surface area (Å²) in [5.41, 5.74) is 0.0516. The molecule has 4 nitrogen and oxygen atoms in total. The van der Waals surface area contributed by atoms with Gasteiger partial charge in [-0.3, -0.25) is 4.79 Å². The highest BCUT2D eigenvalue weighted by atomic mass is 19.4. The number of carbonyl (C=O) groups excluding carboxylic acids is 1. The first-order chi connectivity index (χ1) is 11.4. The van der Waals surface area contributed by atoms with Crippen LogP contribution in [-0.4, -0.2) is 44.3 Å². The molecule has 1 aliphatic heterocycles. The first kappa shape index (κ1) is 18.7. The number of nitrogens with zero attached hydrogens (tertiary/aromatic N) is 1. The van der Waals surface area contributed by atoms with Crippen molar-refractivity contribution in [1.29, 1.82) is 0 Å². The van der Waals surface area contributed by atoms with Crippen LogP contribution in [0.25, 0.3) is 0 Å². The molecule has 2 rings (SSSR count). The number of hydrogen-bond donors (Lipinski definition) is 0. The van der Waals surface area contributed by atoms with E-state index in [1.807, 2.05) is 0 Å². The highest BCUT2D eigenvalue weighted by molar-refractivity contribution is 5.78. The predicted molar refractivity (Wildman–Crippen MR) is 82.4 cm³/mol. The molecule has 134 valence electrons. The smallest absolute Gasteiger partial charge is 0.382 e. The molecule has 0 saturated carbocycles. The molecule has 0 bridgehead atoms. The van der Waals surface area contributed by atoms with Crippen molar-refractivity contribution in [3.63, 3.8) is 0 Å². The first-order valence-electron chi connectivity index (χ1n) is 7.97. The topological polar surface area (TPSA) is 38.8 Å². The third-order valence-corrected chi connectivity index (χ3v) is 4.10. The largest absolute Gasteiger partial charge is 0.416 e. The van der Waals surface area contributed by atoms with Crippen molar-refractivity contribution in [3.05, 3.63) is 35.4 Å². The maximum atomic E-state index is 12.7. The minimum Gasteiger partial charge on any atom is -0.382 e. The minimum atomic E-state index is -4.35. The molecule has 1 atom stereocenters. The number of halogens is 3. The molecule has 0 radical (unpaired) electrons. The van der Waals surface area contributed by atoms with Gasteiger partial charge in [0.15, 0.2) is 0 Å². The summed E-state index contributed by atoms with van der Waals surface area (Å²) in [6.07, 6.45) is -1.77. The monoisotopic (exact) mass is 345 g/mol. The molecule has 0 aromatic heterocycles. The predicted octanol–water partition coefficient (Wildman–Crippen LogP) is 3.42. The Morgan fingerprint density at radius 1 is 1.21 bits per heavy atom. The summed E-state index contributed by atoms with van der Waals surface area (Å²) < 4.78 is 48.2. The number of carbonyl (C=O) groups is 1. The van der Waals surface area contributed by atoms with Crippen LogP contribution in [0, 0.1) is 0 Å². The standard InChI is InChI=1S/C17H22F3NO3/c1-23-10-11-24-12-16(22)21-9-3-2-4-15(21)13-5-7-14(8-6-13)17(18,19)20/h5-8,15H,2-4,9-12H2,1H3/t15-/m1/s1. The van der Waals surface area contributed by atoms with Crippen LogP contribution in [0.15, 0.2) is 24.3 Å². The molecule has 0 unspecified atom stereocenters. The molecule has 7 heteroatoms. The van der Waals surface area contributed by atoms with Crippen molar-refractivity contribution in [2.45, 2.75) is 31.5 Å². The van der Waals surface area contributed by atoms with Gasteiger partial charge in [-0.1, -0.05) is 12.1 Å². The molecule has 0 spiro atoms. The van der Waals surface area contributed by atoms with Crippen LogP contribution in [0.2, 0.25) is 0 Å². The number of hydrogen-bond acceptors (Lipinski definition) is 3. The molecule has 1 aromatic rings. The lowest BCUT2D eigenvalue weighted by Gasteiger charge is -2.36. The number of ether oxygens (including phenoxy) is 2. The van der Waals surface area contributed by atoms with Gasteiger partial charge in [0.25, 0.3) is 0 Å². The van der Waals surface area contributed by atoms with Gasteiger partial charge in [-0.25, -0.2) is 0 Å². The van der Waals surface area contributed by atoms with Crippen molar-refractivity contribution in [2.24, 2.45) is 0 Å². The van der Waals surface area contributed by atoms with Gasteiger partial charge in [-0.05, 0) is 37.0 Å². The maximum absolute atomic E-state index is 12.7. The minimum absolute atomic E-state index is 0.0412. The molecule has 1 amide bonds. The Labute approximate surface area is 139 Å². The highest BCUT2D eigenvalue weighted by Crippen LogP contribution is 2.34. The van der Waals surface area contributed by atoms with E-state index in [0.717, 1.165) is 37.0 Å². The normalized spacial score (nSPS) is 18.7. The van der Waals surface area contributed by atoms with Crippen LogP contribution in [0.5, 0.6) is 0 Å². The zero-order valence-electron chi connectivity index (χ0n) is 13.6. The molecule has 24 heavy (non-hydrogen) atoms. The van der Waals surface area contributed by atoms with Crippen molar-refractivity contribution in [3.8, 4) is 0 Å². The maximum Gasteiger partial charge on any atom is 0.416 e. The Hall–Kier alpha value is -1.60. The number of rotatable bonds is 6. The summed E-state index contributed by atoms with van der Waals surface area (Å²) >= 11 is 0. The van der Waals surface area contributed by atoms with Gasteiger partial charge in [0.2, 0.25) is 5.91 Å². The first-order valence-corrected chi connectivity index (χ1v) is 7.97. The van der Waals surface area contributed by atoms with E-state index in [4.69, 9.17) is 9.47 Å². The second-order valence-corrected chi connectivity index (χ2v) is 5.76. The Balaban J connectivity index is 2.04. The number of amides is 1. The van der Waals surface area contributed by atoms with Crippen LogP contribution < -0.4 is 0 Å². The van der Waals surface area contributed by atoms with E-state index >= 15 is 0 Å². The van der Waals surface area contributed by atoms with Crippen molar-refractivity contribution >= 4 is 5.91 Å². The Morgan fingerprint density at radius 2 is 1.92 bits per heavy atom. The second kappa shape index (κ2) is 8.48. The van der Waals surface area contributed by atoms with Gasteiger partial charge in [0.05, 0.1) is 24.8 Å². The average molecular weight is 345 g/mol. The van der Waals surface area contributed by atoms with Crippen LogP contribution in [0.3, 0.4) is 0 Å². The second-order valence-electron chi connectivity index (χ2n) is 5.76. The van der Waals surface area contributed by atoms with Crippen LogP contribution in [-0.2, 0) is 20.4 Å². The fourth-order valence-electron chi connectivity index (χ4n) is 2.86. The van der Waals surface area contributed by atoms with Gasteiger partial charge in [-0.15, -0.1) is 0 Å². The molecule has 0 aliphatic carbocycles. The van der Waals surface area contributed by atoms with E-state index in [2.05, 4.69) is 0 Å². The Morgan fingerprint density at radius 3 is 2.54 bits per heavy atom. The fraction of sp³-hybridized carbons (Fsp3) is 0.588. The zero-order valence-corrected chi connectivity index (χ0v) is 13.6. The summed E-state index contributed by atoms with van der Waals surface area (Å²) in [6, 6.07) is 4.87. The number of piperidine rings is 1. The molecular weight excluding hydrogens is 323 g/mol. The molecule has 1 aliphatic rings. The zero-order chi connectivity index (χ0) is 17.6. The SMILES string of the molecule is COCCOCC(=O)N1CCCC[C@@H]1c1ccc(C(F)(F)F)cc1. The quantitative estimate of drug-likeness (QED) is 0.742. The van der Waals surface area contributed by atoms with E-state index in [-0.39, 0.29) is 18.6 Å². The van der Waals surface area contributed by atoms with Crippen LogP contribution in [0.1, 0.15) is 36.4 Å². The van der Waals surface area contributed by atoms with E-state index < -0.39 is 11.7 Å². The molecule has 1 aromatic carbocycles. The number of alkyl halides is 3. The van der Waals surface area contributed by atoms with Gasteiger partial charge in [-0.2, -0.15) is 13.2 Å². The average Bonchev–Trinajstić information content (AvgIpc) is 2.58.